The van der Waals surface area contributed by atoms with E-state index >= 15 is 0 Å². The van der Waals surface area contributed by atoms with Crippen LogP contribution in [0.1, 0.15) is 0 Å². The van der Waals surface area contributed by atoms with Crippen LogP contribution >= 0.6 is 11.6 Å². The highest BCUT2D eigenvalue weighted by molar-refractivity contribution is 6.32. The van der Waals surface area contributed by atoms with E-state index in [0.717, 1.165) is 16.5 Å². The summed E-state index contributed by atoms with van der Waals surface area (Å²) in [5.41, 5.74) is 1.93. The Morgan fingerprint density at radius 2 is 1.71 bits per heavy atom. The van der Waals surface area contributed by atoms with Gasteiger partial charge in [-0.1, -0.05) is 54.1 Å². The first-order valence-corrected chi connectivity index (χ1v) is 5.68. The van der Waals surface area contributed by atoms with Gasteiger partial charge in [0.1, 0.15) is 11.5 Å². The number of hydrogen-bond acceptors (Lipinski definition) is 2. The van der Waals surface area contributed by atoms with Gasteiger partial charge in [-0.3, -0.25) is 0 Å². The molecule has 0 spiro atoms. The molecule has 0 aliphatic carbocycles. The topological polar surface area (TPSA) is 25.8 Å². The highest BCUT2D eigenvalue weighted by Crippen LogP contribution is 2.31. The number of hydrogen-bond donors (Lipinski definition) is 0. The van der Waals surface area contributed by atoms with Crippen molar-refractivity contribution in [2.24, 2.45) is 0 Å². The lowest BCUT2D eigenvalue weighted by molar-refractivity contribution is 1.17. The highest BCUT2D eigenvalue weighted by Gasteiger charge is 2.07. The molecule has 0 bridgehead atoms. The maximum atomic E-state index is 6.11. The monoisotopic (exact) mass is 240 g/mol. The Labute approximate surface area is 104 Å². The predicted molar refractivity (Wildman–Crippen MR) is 70.0 cm³/mol. The summed E-state index contributed by atoms with van der Waals surface area (Å²) in [6, 6.07) is 14.3. The van der Waals surface area contributed by atoms with Gasteiger partial charge in [-0.15, -0.1) is 0 Å². The Hall–Kier alpha value is -1.93. The molecule has 82 valence electrons. The zero-order valence-corrected chi connectivity index (χ0v) is 9.72. The van der Waals surface area contributed by atoms with Crippen molar-refractivity contribution >= 4 is 22.4 Å². The van der Waals surface area contributed by atoms with Crippen molar-refractivity contribution in [3.8, 4) is 11.1 Å². The van der Waals surface area contributed by atoms with Crippen molar-refractivity contribution in [2.45, 2.75) is 0 Å². The van der Waals surface area contributed by atoms with E-state index in [1.165, 1.54) is 11.7 Å². The number of nitrogens with zero attached hydrogens (tertiary/aromatic N) is 2. The molecule has 3 rings (SSSR count). The van der Waals surface area contributed by atoms with Gasteiger partial charge in [0.05, 0.1) is 0 Å². The second-order valence-electron chi connectivity index (χ2n) is 3.75. The molecule has 0 atom stereocenters. The van der Waals surface area contributed by atoms with Gasteiger partial charge >= 0.3 is 0 Å². The van der Waals surface area contributed by atoms with E-state index in [4.69, 9.17) is 11.6 Å². The van der Waals surface area contributed by atoms with E-state index in [1.807, 2.05) is 24.3 Å². The SMILES string of the molecule is Clc1ncncc1-c1cccc2ccccc12. The van der Waals surface area contributed by atoms with Crippen molar-refractivity contribution in [1.82, 2.24) is 9.97 Å². The smallest absolute Gasteiger partial charge is 0.140 e. The summed E-state index contributed by atoms with van der Waals surface area (Å²) in [4.78, 5) is 8.05. The minimum atomic E-state index is 0.483. The van der Waals surface area contributed by atoms with E-state index in [2.05, 4.69) is 28.2 Å². The van der Waals surface area contributed by atoms with Crippen LogP contribution in [-0.4, -0.2) is 9.97 Å². The van der Waals surface area contributed by atoms with Crippen LogP contribution in [0.5, 0.6) is 0 Å². The van der Waals surface area contributed by atoms with E-state index < -0.39 is 0 Å². The van der Waals surface area contributed by atoms with Gasteiger partial charge in [0.25, 0.3) is 0 Å². The largest absolute Gasteiger partial charge is 0.244 e. The van der Waals surface area contributed by atoms with Gasteiger partial charge in [0, 0.05) is 11.8 Å². The molecule has 0 N–H and O–H groups in total. The van der Waals surface area contributed by atoms with Gasteiger partial charge in [-0.05, 0) is 16.3 Å². The Bertz CT molecular complexity index is 674. The number of aromatic nitrogens is 2. The molecular formula is C14H9ClN2. The molecule has 3 heteroatoms. The summed E-state index contributed by atoms with van der Waals surface area (Å²) >= 11 is 6.11. The molecule has 0 saturated heterocycles. The van der Waals surface area contributed by atoms with Crippen LogP contribution in [0.3, 0.4) is 0 Å². The van der Waals surface area contributed by atoms with Gasteiger partial charge in [0.15, 0.2) is 0 Å². The second-order valence-corrected chi connectivity index (χ2v) is 4.11. The number of fused-ring (bicyclic) bond motifs is 1. The molecule has 0 amide bonds. The maximum Gasteiger partial charge on any atom is 0.140 e. The van der Waals surface area contributed by atoms with Crippen molar-refractivity contribution in [3.05, 3.63) is 60.1 Å². The normalized spacial score (nSPS) is 10.6. The van der Waals surface area contributed by atoms with Crippen molar-refractivity contribution in [1.29, 1.82) is 0 Å². The lowest BCUT2D eigenvalue weighted by Crippen LogP contribution is -1.86. The Kier molecular flexibility index (Phi) is 2.50. The zero-order valence-electron chi connectivity index (χ0n) is 8.97. The van der Waals surface area contributed by atoms with Crippen LogP contribution in [-0.2, 0) is 0 Å². The third kappa shape index (κ3) is 1.77. The van der Waals surface area contributed by atoms with E-state index in [0.29, 0.717) is 5.15 Å². The summed E-state index contributed by atoms with van der Waals surface area (Å²) in [5, 5.41) is 2.83. The van der Waals surface area contributed by atoms with Crippen molar-refractivity contribution < 1.29 is 0 Å². The summed E-state index contributed by atoms with van der Waals surface area (Å²) in [5.74, 6) is 0. The molecule has 2 aromatic carbocycles. The summed E-state index contributed by atoms with van der Waals surface area (Å²) in [6.07, 6.45) is 3.20. The van der Waals surface area contributed by atoms with E-state index in [1.54, 1.807) is 6.20 Å². The van der Waals surface area contributed by atoms with Gasteiger partial charge in [-0.2, -0.15) is 0 Å². The zero-order chi connectivity index (χ0) is 11.7. The van der Waals surface area contributed by atoms with E-state index in [-0.39, 0.29) is 0 Å². The van der Waals surface area contributed by atoms with Crippen LogP contribution in [0.15, 0.2) is 55.0 Å². The van der Waals surface area contributed by atoms with Crippen molar-refractivity contribution in [3.63, 3.8) is 0 Å². The summed E-state index contributed by atoms with van der Waals surface area (Å²) < 4.78 is 0. The van der Waals surface area contributed by atoms with Crippen LogP contribution < -0.4 is 0 Å². The molecule has 17 heavy (non-hydrogen) atoms. The molecule has 0 aliphatic heterocycles. The first kappa shape index (κ1) is 10.2. The summed E-state index contributed by atoms with van der Waals surface area (Å²) in [7, 11) is 0. The molecular weight excluding hydrogens is 232 g/mol. The van der Waals surface area contributed by atoms with Crippen LogP contribution in [0.4, 0.5) is 0 Å². The first-order valence-electron chi connectivity index (χ1n) is 5.30. The fourth-order valence-corrected chi connectivity index (χ4v) is 2.15. The third-order valence-electron chi connectivity index (χ3n) is 2.74. The van der Waals surface area contributed by atoms with Crippen LogP contribution in [0.25, 0.3) is 21.9 Å². The van der Waals surface area contributed by atoms with Gasteiger partial charge in [-0.25, -0.2) is 9.97 Å². The fourth-order valence-electron chi connectivity index (χ4n) is 1.96. The standard InChI is InChI=1S/C14H9ClN2/c15-14-13(8-16-9-17-14)12-7-3-5-10-4-1-2-6-11(10)12/h1-9H. The molecule has 0 radical (unpaired) electrons. The lowest BCUT2D eigenvalue weighted by atomic mass is 10.0. The number of rotatable bonds is 1. The molecule has 0 fully saturated rings. The molecule has 0 unspecified atom stereocenters. The average molecular weight is 241 g/mol. The quantitative estimate of drug-likeness (QED) is 0.602. The van der Waals surface area contributed by atoms with Crippen LogP contribution in [0.2, 0.25) is 5.15 Å². The molecule has 2 nitrogen and oxygen atoms in total. The second kappa shape index (κ2) is 4.15. The minimum absolute atomic E-state index is 0.483. The molecule has 0 saturated carbocycles. The Balaban J connectivity index is 2.35. The highest BCUT2D eigenvalue weighted by atomic mass is 35.5. The third-order valence-corrected chi connectivity index (χ3v) is 3.04. The first-order chi connectivity index (χ1) is 8.36. The molecule has 3 aromatic rings. The summed E-state index contributed by atoms with van der Waals surface area (Å²) in [6.45, 7) is 0. The maximum absolute atomic E-state index is 6.11. The van der Waals surface area contributed by atoms with E-state index in [9.17, 15) is 0 Å². The Morgan fingerprint density at radius 1 is 0.882 bits per heavy atom. The fraction of sp³-hybridized carbons (Fsp3) is 0. The van der Waals surface area contributed by atoms with Crippen molar-refractivity contribution in [2.75, 3.05) is 0 Å². The predicted octanol–water partition coefficient (Wildman–Crippen LogP) is 3.95. The van der Waals surface area contributed by atoms with Gasteiger partial charge in [0.2, 0.25) is 0 Å². The number of benzene rings is 2. The Morgan fingerprint density at radius 3 is 2.59 bits per heavy atom. The number of halogens is 1. The average Bonchev–Trinajstić information content (AvgIpc) is 2.39. The van der Waals surface area contributed by atoms with Crippen LogP contribution in [0, 0.1) is 0 Å². The molecule has 1 aromatic heterocycles. The molecule has 0 aliphatic rings. The minimum Gasteiger partial charge on any atom is -0.244 e. The lowest BCUT2D eigenvalue weighted by Gasteiger charge is -2.07. The molecule has 1 heterocycles. The van der Waals surface area contributed by atoms with Gasteiger partial charge < -0.3 is 0 Å².